The molecule has 0 spiro atoms. The Kier molecular flexibility index (Phi) is 4.48. The zero-order chi connectivity index (χ0) is 13.9. The number of hydrogen-bond acceptors (Lipinski definition) is 3. The first-order valence-corrected chi connectivity index (χ1v) is 7.09. The molecule has 0 bridgehead atoms. The second-order valence-electron chi connectivity index (χ2n) is 5.60. The van der Waals surface area contributed by atoms with E-state index in [-0.39, 0.29) is 6.10 Å². The average molecular weight is 263 g/mol. The summed E-state index contributed by atoms with van der Waals surface area (Å²) in [6.45, 7) is 8.19. The van der Waals surface area contributed by atoms with E-state index in [4.69, 9.17) is 9.47 Å². The van der Waals surface area contributed by atoms with Gasteiger partial charge >= 0.3 is 0 Å². The lowest BCUT2D eigenvalue weighted by Crippen LogP contribution is -2.48. The maximum absolute atomic E-state index is 5.98. The van der Waals surface area contributed by atoms with E-state index in [1.54, 1.807) is 7.11 Å². The minimum Gasteiger partial charge on any atom is -0.371 e. The zero-order valence-corrected chi connectivity index (χ0v) is 12.5. The minimum absolute atomic E-state index is 0.200. The molecule has 1 aliphatic heterocycles. The molecular formula is C16H25NO2. The largest absolute Gasteiger partial charge is 0.371 e. The Bertz CT molecular complexity index is 392. The van der Waals surface area contributed by atoms with E-state index in [9.17, 15) is 0 Å². The summed E-state index contributed by atoms with van der Waals surface area (Å²) in [6.07, 6.45) is 2.02. The molecule has 1 fully saturated rings. The van der Waals surface area contributed by atoms with Crippen LogP contribution >= 0.6 is 0 Å². The van der Waals surface area contributed by atoms with E-state index < -0.39 is 5.79 Å². The summed E-state index contributed by atoms with van der Waals surface area (Å²) in [5.74, 6) is -0.393. The Hall–Kier alpha value is -1.06. The Labute approximate surface area is 116 Å². The third-order valence-corrected chi connectivity index (χ3v) is 3.75. The number of hydrogen-bond donors (Lipinski definition) is 0. The number of rotatable bonds is 4. The van der Waals surface area contributed by atoms with Gasteiger partial charge < -0.3 is 14.4 Å². The Morgan fingerprint density at radius 1 is 1.11 bits per heavy atom. The van der Waals surface area contributed by atoms with Crippen LogP contribution in [0.2, 0.25) is 0 Å². The van der Waals surface area contributed by atoms with E-state index >= 15 is 0 Å². The van der Waals surface area contributed by atoms with Crippen LogP contribution in [0.3, 0.4) is 0 Å². The normalized spacial score (nSPS) is 18.9. The first-order valence-electron chi connectivity index (χ1n) is 7.09. The van der Waals surface area contributed by atoms with Crippen LogP contribution in [-0.2, 0) is 9.47 Å². The van der Waals surface area contributed by atoms with Crippen molar-refractivity contribution in [1.29, 1.82) is 0 Å². The van der Waals surface area contributed by atoms with E-state index in [1.807, 2.05) is 0 Å². The monoisotopic (exact) mass is 263 g/mol. The van der Waals surface area contributed by atoms with Gasteiger partial charge in [0.1, 0.15) is 0 Å². The molecule has 3 heteroatoms. The predicted molar refractivity (Wildman–Crippen MR) is 78.6 cm³/mol. The van der Waals surface area contributed by atoms with Gasteiger partial charge in [-0.05, 0) is 32.9 Å². The molecule has 1 aliphatic rings. The second kappa shape index (κ2) is 5.93. The van der Waals surface area contributed by atoms with Crippen molar-refractivity contribution in [3.8, 4) is 0 Å². The van der Waals surface area contributed by atoms with Gasteiger partial charge in [-0.25, -0.2) is 0 Å². The summed E-state index contributed by atoms with van der Waals surface area (Å²) >= 11 is 0. The van der Waals surface area contributed by atoms with Crippen molar-refractivity contribution < 1.29 is 9.47 Å². The van der Waals surface area contributed by atoms with Gasteiger partial charge in [-0.2, -0.15) is 0 Å². The standard InChI is InChI=1S/C16H25NO2/c1-13(2)19-16(18-4)9-11-17(12-10-16)15-7-5-14(3)6-8-15/h5-8,13H,9-12H2,1-4H3. The van der Waals surface area contributed by atoms with Crippen molar-refractivity contribution in [2.75, 3.05) is 25.1 Å². The molecule has 1 saturated heterocycles. The van der Waals surface area contributed by atoms with Crippen LogP contribution in [0.25, 0.3) is 0 Å². The van der Waals surface area contributed by atoms with Crippen LogP contribution in [0.5, 0.6) is 0 Å². The molecule has 106 valence electrons. The average Bonchev–Trinajstić information content (AvgIpc) is 2.40. The Morgan fingerprint density at radius 2 is 1.68 bits per heavy atom. The van der Waals surface area contributed by atoms with Crippen LogP contribution < -0.4 is 4.90 Å². The fraction of sp³-hybridized carbons (Fsp3) is 0.625. The third-order valence-electron chi connectivity index (χ3n) is 3.75. The molecule has 1 heterocycles. The summed E-state index contributed by atoms with van der Waals surface area (Å²) in [7, 11) is 1.75. The van der Waals surface area contributed by atoms with Gasteiger partial charge in [-0.15, -0.1) is 0 Å². The number of methoxy groups -OCH3 is 1. The lowest BCUT2D eigenvalue weighted by Gasteiger charge is -2.42. The molecule has 0 radical (unpaired) electrons. The molecule has 0 amide bonds. The highest BCUT2D eigenvalue weighted by molar-refractivity contribution is 5.47. The quantitative estimate of drug-likeness (QED) is 0.777. The molecule has 19 heavy (non-hydrogen) atoms. The number of piperidine rings is 1. The fourth-order valence-corrected chi connectivity index (χ4v) is 2.66. The third kappa shape index (κ3) is 3.48. The number of nitrogens with zero attached hydrogens (tertiary/aromatic N) is 1. The zero-order valence-electron chi connectivity index (χ0n) is 12.5. The first kappa shape index (κ1) is 14.4. The summed E-state index contributed by atoms with van der Waals surface area (Å²) in [5, 5.41) is 0. The van der Waals surface area contributed by atoms with E-state index in [1.165, 1.54) is 11.3 Å². The fourth-order valence-electron chi connectivity index (χ4n) is 2.66. The van der Waals surface area contributed by atoms with Gasteiger partial charge in [0.15, 0.2) is 5.79 Å². The van der Waals surface area contributed by atoms with Crippen molar-refractivity contribution >= 4 is 5.69 Å². The Balaban J connectivity index is 1.99. The predicted octanol–water partition coefficient (Wildman–Crippen LogP) is 3.36. The van der Waals surface area contributed by atoms with Crippen molar-refractivity contribution in [3.63, 3.8) is 0 Å². The highest BCUT2D eigenvalue weighted by Crippen LogP contribution is 2.31. The van der Waals surface area contributed by atoms with Crippen molar-refractivity contribution in [2.45, 2.75) is 45.5 Å². The highest BCUT2D eigenvalue weighted by Gasteiger charge is 2.36. The van der Waals surface area contributed by atoms with Gasteiger partial charge in [-0.1, -0.05) is 17.7 Å². The second-order valence-corrected chi connectivity index (χ2v) is 5.60. The molecule has 2 rings (SSSR count). The molecule has 0 aromatic heterocycles. The number of anilines is 1. The molecule has 0 atom stereocenters. The topological polar surface area (TPSA) is 21.7 Å². The van der Waals surface area contributed by atoms with Crippen LogP contribution in [0, 0.1) is 6.92 Å². The number of ether oxygens (including phenoxy) is 2. The minimum atomic E-state index is -0.393. The van der Waals surface area contributed by atoms with Crippen molar-refractivity contribution in [1.82, 2.24) is 0 Å². The van der Waals surface area contributed by atoms with Crippen molar-refractivity contribution in [2.24, 2.45) is 0 Å². The molecule has 3 nitrogen and oxygen atoms in total. The van der Waals surface area contributed by atoms with Gasteiger partial charge in [0, 0.05) is 38.7 Å². The molecule has 0 N–H and O–H groups in total. The van der Waals surface area contributed by atoms with Gasteiger partial charge in [0.05, 0.1) is 6.10 Å². The van der Waals surface area contributed by atoms with E-state index in [2.05, 4.69) is 49.9 Å². The molecule has 0 unspecified atom stereocenters. The summed E-state index contributed by atoms with van der Waals surface area (Å²) < 4.78 is 11.6. The van der Waals surface area contributed by atoms with Gasteiger partial charge in [0.2, 0.25) is 0 Å². The maximum atomic E-state index is 5.98. The van der Waals surface area contributed by atoms with Gasteiger partial charge in [-0.3, -0.25) is 0 Å². The maximum Gasteiger partial charge on any atom is 0.171 e. The van der Waals surface area contributed by atoms with Crippen LogP contribution in [-0.4, -0.2) is 32.1 Å². The first-order chi connectivity index (χ1) is 9.04. The number of aryl methyl sites for hydroxylation is 1. The number of benzene rings is 1. The summed E-state index contributed by atoms with van der Waals surface area (Å²) in [5.41, 5.74) is 2.59. The van der Waals surface area contributed by atoms with E-state index in [0.29, 0.717) is 0 Å². The molecular weight excluding hydrogens is 238 g/mol. The smallest absolute Gasteiger partial charge is 0.171 e. The lowest BCUT2D eigenvalue weighted by molar-refractivity contribution is -0.249. The molecule has 0 aliphatic carbocycles. The van der Waals surface area contributed by atoms with Gasteiger partial charge in [0.25, 0.3) is 0 Å². The molecule has 1 aromatic carbocycles. The molecule has 0 saturated carbocycles. The van der Waals surface area contributed by atoms with E-state index in [0.717, 1.165) is 25.9 Å². The van der Waals surface area contributed by atoms with Crippen molar-refractivity contribution in [3.05, 3.63) is 29.8 Å². The van der Waals surface area contributed by atoms with Crippen LogP contribution in [0.15, 0.2) is 24.3 Å². The molecule has 1 aromatic rings. The highest BCUT2D eigenvalue weighted by atomic mass is 16.7. The summed E-state index contributed by atoms with van der Waals surface area (Å²) in [4.78, 5) is 2.40. The van der Waals surface area contributed by atoms with Crippen LogP contribution in [0.4, 0.5) is 5.69 Å². The van der Waals surface area contributed by atoms with Crippen LogP contribution in [0.1, 0.15) is 32.3 Å². The Morgan fingerprint density at radius 3 is 2.16 bits per heavy atom. The lowest BCUT2D eigenvalue weighted by atomic mass is 10.0. The summed E-state index contributed by atoms with van der Waals surface area (Å²) in [6, 6.07) is 8.72. The SMILES string of the molecule is COC1(OC(C)C)CCN(c2ccc(C)cc2)CC1.